The number of fused-ring (bicyclic) bond motifs is 3. The van der Waals surface area contributed by atoms with Gasteiger partial charge in [-0.3, -0.25) is 4.79 Å². The number of aromatic nitrogens is 1. The lowest BCUT2D eigenvalue weighted by Gasteiger charge is -2.10. The molecule has 100 valence electrons. The molecule has 21 heavy (non-hydrogen) atoms. The zero-order valence-electron chi connectivity index (χ0n) is 11.3. The van der Waals surface area contributed by atoms with Crippen LogP contribution in [-0.2, 0) is 0 Å². The van der Waals surface area contributed by atoms with Crippen LogP contribution < -0.4 is 5.56 Å². The van der Waals surface area contributed by atoms with Crippen molar-refractivity contribution in [2.75, 3.05) is 0 Å². The average molecular weight is 271 g/mol. The lowest BCUT2D eigenvalue weighted by atomic mass is 9.96. The summed E-state index contributed by atoms with van der Waals surface area (Å²) in [6.07, 6.45) is 0. The van der Waals surface area contributed by atoms with E-state index in [2.05, 4.69) is 41.4 Å². The lowest BCUT2D eigenvalue weighted by molar-refractivity contribution is 1.32. The summed E-state index contributed by atoms with van der Waals surface area (Å²) >= 11 is 0. The number of pyridine rings is 1. The SMILES string of the molecule is O=c1ccc2ccc3cccc(-c4ccccc4)c3c2[nH]1. The molecule has 0 saturated heterocycles. The molecule has 0 unspecified atom stereocenters. The quantitative estimate of drug-likeness (QED) is 0.513. The lowest BCUT2D eigenvalue weighted by Crippen LogP contribution is -2.02. The number of hydrogen-bond acceptors (Lipinski definition) is 1. The molecule has 0 aliphatic rings. The van der Waals surface area contributed by atoms with Gasteiger partial charge in [0.1, 0.15) is 0 Å². The van der Waals surface area contributed by atoms with Gasteiger partial charge < -0.3 is 4.98 Å². The van der Waals surface area contributed by atoms with Crippen LogP contribution in [0.2, 0.25) is 0 Å². The summed E-state index contributed by atoms with van der Waals surface area (Å²) < 4.78 is 0. The van der Waals surface area contributed by atoms with Gasteiger partial charge in [-0.15, -0.1) is 0 Å². The van der Waals surface area contributed by atoms with Gasteiger partial charge in [0.25, 0.3) is 0 Å². The van der Waals surface area contributed by atoms with Crippen molar-refractivity contribution in [3.8, 4) is 11.1 Å². The van der Waals surface area contributed by atoms with E-state index in [-0.39, 0.29) is 5.56 Å². The molecule has 0 radical (unpaired) electrons. The molecule has 0 fully saturated rings. The van der Waals surface area contributed by atoms with Gasteiger partial charge in [-0.1, -0.05) is 60.7 Å². The maximum atomic E-state index is 11.7. The monoisotopic (exact) mass is 271 g/mol. The molecule has 4 aromatic rings. The first-order chi connectivity index (χ1) is 10.3. The van der Waals surface area contributed by atoms with Crippen molar-refractivity contribution < 1.29 is 0 Å². The van der Waals surface area contributed by atoms with Gasteiger partial charge in [0.15, 0.2) is 0 Å². The first-order valence-electron chi connectivity index (χ1n) is 6.93. The smallest absolute Gasteiger partial charge is 0.248 e. The number of aromatic amines is 1. The Labute approximate surface area is 121 Å². The summed E-state index contributed by atoms with van der Waals surface area (Å²) in [6.45, 7) is 0. The topological polar surface area (TPSA) is 32.9 Å². The van der Waals surface area contributed by atoms with Gasteiger partial charge in [-0.05, 0) is 28.0 Å². The summed E-state index contributed by atoms with van der Waals surface area (Å²) in [5.74, 6) is 0. The van der Waals surface area contributed by atoms with Crippen molar-refractivity contribution >= 4 is 21.7 Å². The molecule has 0 aliphatic carbocycles. The number of nitrogens with one attached hydrogen (secondary N) is 1. The van der Waals surface area contributed by atoms with E-state index in [4.69, 9.17) is 0 Å². The maximum Gasteiger partial charge on any atom is 0.248 e. The number of benzene rings is 3. The Bertz CT molecular complexity index is 1000. The van der Waals surface area contributed by atoms with E-state index in [1.807, 2.05) is 30.3 Å². The Morgan fingerprint density at radius 3 is 2.29 bits per heavy atom. The standard InChI is InChI=1S/C19H13NO/c21-17-12-11-15-10-9-14-7-4-8-16(18(14)19(15)20-17)13-5-2-1-3-6-13/h1-12H,(H,20,21). The first kappa shape index (κ1) is 11.9. The number of rotatable bonds is 1. The Morgan fingerprint density at radius 2 is 1.43 bits per heavy atom. The minimum atomic E-state index is -0.0714. The van der Waals surface area contributed by atoms with Crippen molar-refractivity contribution in [3.63, 3.8) is 0 Å². The zero-order chi connectivity index (χ0) is 14.2. The van der Waals surface area contributed by atoms with Gasteiger partial charge in [0.2, 0.25) is 5.56 Å². The highest BCUT2D eigenvalue weighted by atomic mass is 16.1. The van der Waals surface area contributed by atoms with E-state index in [1.165, 1.54) is 0 Å². The Kier molecular flexibility index (Phi) is 2.61. The predicted molar refractivity (Wildman–Crippen MR) is 87.5 cm³/mol. The van der Waals surface area contributed by atoms with Crippen LogP contribution in [0.15, 0.2) is 77.6 Å². The van der Waals surface area contributed by atoms with Crippen molar-refractivity contribution in [1.29, 1.82) is 0 Å². The predicted octanol–water partition coefficient (Wildman–Crippen LogP) is 4.35. The number of hydrogen-bond donors (Lipinski definition) is 1. The van der Waals surface area contributed by atoms with Crippen LogP contribution in [0.1, 0.15) is 0 Å². The molecule has 0 bridgehead atoms. The highest BCUT2D eigenvalue weighted by Crippen LogP contribution is 2.32. The summed E-state index contributed by atoms with van der Waals surface area (Å²) in [5.41, 5.74) is 3.12. The maximum absolute atomic E-state index is 11.7. The molecule has 0 saturated carbocycles. The highest BCUT2D eigenvalue weighted by molar-refractivity contribution is 6.12. The summed E-state index contributed by atoms with van der Waals surface area (Å²) in [5, 5.41) is 3.27. The van der Waals surface area contributed by atoms with E-state index >= 15 is 0 Å². The third-order valence-electron chi connectivity index (χ3n) is 3.83. The molecule has 1 aromatic heterocycles. The third kappa shape index (κ3) is 1.93. The van der Waals surface area contributed by atoms with Gasteiger partial charge >= 0.3 is 0 Å². The molecular formula is C19H13NO. The second-order valence-electron chi connectivity index (χ2n) is 5.12. The Balaban J connectivity index is 2.21. The van der Waals surface area contributed by atoms with E-state index in [1.54, 1.807) is 6.07 Å². The van der Waals surface area contributed by atoms with Crippen molar-refractivity contribution in [2.24, 2.45) is 0 Å². The second kappa shape index (κ2) is 4.60. The van der Waals surface area contributed by atoms with Gasteiger partial charge in [-0.2, -0.15) is 0 Å². The van der Waals surface area contributed by atoms with Crippen LogP contribution in [0.4, 0.5) is 0 Å². The van der Waals surface area contributed by atoms with Crippen LogP contribution in [0.25, 0.3) is 32.8 Å². The van der Waals surface area contributed by atoms with E-state index < -0.39 is 0 Å². The molecule has 0 atom stereocenters. The minimum Gasteiger partial charge on any atom is -0.321 e. The number of H-pyrrole nitrogens is 1. The molecular weight excluding hydrogens is 258 g/mol. The molecule has 0 amide bonds. The fraction of sp³-hybridized carbons (Fsp3) is 0. The fourth-order valence-corrected chi connectivity index (χ4v) is 2.86. The van der Waals surface area contributed by atoms with Crippen LogP contribution >= 0.6 is 0 Å². The first-order valence-corrected chi connectivity index (χ1v) is 6.93. The van der Waals surface area contributed by atoms with Crippen LogP contribution in [0, 0.1) is 0 Å². The molecule has 0 spiro atoms. The molecule has 0 aliphatic heterocycles. The molecule has 3 aromatic carbocycles. The fourth-order valence-electron chi connectivity index (χ4n) is 2.86. The molecule has 1 heterocycles. The van der Waals surface area contributed by atoms with E-state index in [0.29, 0.717) is 0 Å². The average Bonchev–Trinajstić information content (AvgIpc) is 2.55. The molecule has 1 N–H and O–H groups in total. The highest BCUT2D eigenvalue weighted by Gasteiger charge is 2.08. The normalized spacial score (nSPS) is 11.0. The summed E-state index contributed by atoms with van der Waals surface area (Å²) in [6, 6.07) is 24.1. The molecule has 4 rings (SSSR count). The second-order valence-corrected chi connectivity index (χ2v) is 5.12. The third-order valence-corrected chi connectivity index (χ3v) is 3.83. The van der Waals surface area contributed by atoms with Crippen molar-refractivity contribution in [3.05, 3.63) is 83.2 Å². The Morgan fingerprint density at radius 1 is 0.667 bits per heavy atom. The van der Waals surface area contributed by atoms with Crippen LogP contribution in [0.3, 0.4) is 0 Å². The Hall–Kier alpha value is -2.87. The van der Waals surface area contributed by atoms with Gasteiger partial charge in [0.05, 0.1) is 5.52 Å². The van der Waals surface area contributed by atoms with Gasteiger partial charge in [-0.25, -0.2) is 0 Å². The van der Waals surface area contributed by atoms with Crippen LogP contribution in [-0.4, -0.2) is 4.98 Å². The summed E-state index contributed by atoms with van der Waals surface area (Å²) in [4.78, 5) is 14.7. The van der Waals surface area contributed by atoms with Gasteiger partial charge in [0, 0.05) is 11.5 Å². The van der Waals surface area contributed by atoms with E-state index in [0.717, 1.165) is 32.8 Å². The summed E-state index contributed by atoms with van der Waals surface area (Å²) in [7, 11) is 0. The molecule has 2 heteroatoms. The van der Waals surface area contributed by atoms with Crippen molar-refractivity contribution in [1.82, 2.24) is 4.98 Å². The van der Waals surface area contributed by atoms with Crippen LogP contribution in [0.5, 0.6) is 0 Å². The minimum absolute atomic E-state index is 0.0714. The van der Waals surface area contributed by atoms with E-state index in [9.17, 15) is 4.79 Å². The zero-order valence-corrected chi connectivity index (χ0v) is 11.3. The molecule has 2 nitrogen and oxygen atoms in total. The largest absolute Gasteiger partial charge is 0.321 e. The van der Waals surface area contributed by atoms with Crippen molar-refractivity contribution in [2.45, 2.75) is 0 Å².